The number of carbonyl (C=O) groups is 4. The predicted octanol–water partition coefficient (Wildman–Crippen LogP) is -1.22. The maximum atomic E-state index is 13.1. The topological polar surface area (TPSA) is 158 Å². The first-order chi connectivity index (χ1) is 17.8. The molecule has 4 amide bonds. The molecule has 1 saturated heterocycles. The minimum Gasteiger partial charge on any atom is -0.493 e. The highest BCUT2D eigenvalue weighted by Crippen LogP contribution is 2.18. The fraction of sp³-hybridized carbons (Fsp3) is 0.600. The minimum absolute atomic E-state index is 0.226. The number of benzene rings is 1. The third kappa shape index (κ3) is 8.99. The Balaban J connectivity index is 1.71. The molecule has 204 valence electrons. The molecular formula is C25H37N5O7. The van der Waals surface area contributed by atoms with Crippen LogP contribution in [0.1, 0.15) is 36.5 Å². The quantitative estimate of drug-likeness (QED) is 0.293. The molecule has 1 aromatic carbocycles. The van der Waals surface area contributed by atoms with Crippen LogP contribution in [-0.2, 0) is 19.1 Å². The molecule has 0 saturated carbocycles. The van der Waals surface area contributed by atoms with Gasteiger partial charge in [0.05, 0.1) is 37.9 Å². The Morgan fingerprint density at radius 2 is 1.92 bits per heavy atom. The molecule has 2 heterocycles. The van der Waals surface area contributed by atoms with Gasteiger partial charge in [-0.05, 0) is 38.4 Å². The van der Waals surface area contributed by atoms with Crippen LogP contribution in [0.3, 0.4) is 0 Å². The number of aliphatic hydroxyl groups excluding tert-OH is 1. The lowest BCUT2D eigenvalue weighted by Gasteiger charge is -2.26. The Hall–Kier alpha value is -3.22. The van der Waals surface area contributed by atoms with Crippen molar-refractivity contribution in [1.29, 1.82) is 0 Å². The standard InChI is InChI=1S/C25H37N5O7/c1-17(31)22-25(35)27-9-5-13-37-20-7-3-2-6-18(20)23(33)28-19(16-21(32)29-22)24(34)26-8-4-10-30-11-14-36-15-12-30/h2-3,6-7,17,19,22,31H,4-5,8-16H2,1H3,(H,26,34)(H,27,35)(H,28,33)(H,29,32)/t17-,19+,22+/m1/s1. The van der Waals surface area contributed by atoms with Gasteiger partial charge in [-0.3, -0.25) is 24.1 Å². The number of rotatable bonds is 6. The molecule has 0 radical (unpaired) electrons. The number of ether oxygens (including phenoxy) is 2. The second-order valence-corrected chi connectivity index (χ2v) is 9.10. The molecule has 0 aliphatic carbocycles. The van der Waals surface area contributed by atoms with Crippen molar-refractivity contribution in [3.63, 3.8) is 0 Å². The van der Waals surface area contributed by atoms with Crippen molar-refractivity contribution >= 4 is 23.6 Å². The van der Waals surface area contributed by atoms with Crippen LogP contribution < -0.4 is 26.0 Å². The third-order valence-corrected chi connectivity index (χ3v) is 6.16. The van der Waals surface area contributed by atoms with Gasteiger partial charge in [0.15, 0.2) is 0 Å². The van der Waals surface area contributed by atoms with Gasteiger partial charge in [-0.25, -0.2) is 0 Å². The first-order valence-electron chi connectivity index (χ1n) is 12.7. The second kappa shape index (κ2) is 14.5. The van der Waals surface area contributed by atoms with E-state index in [1.807, 2.05) is 0 Å². The van der Waals surface area contributed by atoms with Crippen molar-refractivity contribution in [2.75, 3.05) is 52.5 Å². The summed E-state index contributed by atoms with van der Waals surface area (Å²) in [7, 11) is 0. The van der Waals surface area contributed by atoms with E-state index < -0.39 is 48.2 Å². The van der Waals surface area contributed by atoms with E-state index in [4.69, 9.17) is 9.47 Å². The number of nitrogens with zero attached hydrogens (tertiary/aromatic N) is 1. The van der Waals surface area contributed by atoms with E-state index in [2.05, 4.69) is 26.2 Å². The highest BCUT2D eigenvalue weighted by molar-refractivity contribution is 6.01. The summed E-state index contributed by atoms with van der Waals surface area (Å²) < 4.78 is 11.1. The second-order valence-electron chi connectivity index (χ2n) is 9.10. The Labute approximate surface area is 216 Å². The molecule has 3 rings (SSSR count). The van der Waals surface area contributed by atoms with Crippen LogP contribution in [0.5, 0.6) is 5.75 Å². The number of aliphatic hydroxyl groups is 1. The molecule has 12 heteroatoms. The van der Waals surface area contributed by atoms with Crippen LogP contribution >= 0.6 is 0 Å². The van der Waals surface area contributed by atoms with E-state index in [0.29, 0.717) is 38.3 Å². The zero-order chi connectivity index (χ0) is 26.6. The van der Waals surface area contributed by atoms with E-state index in [1.165, 1.54) is 6.92 Å². The van der Waals surface area contributed by atoms with Crippen LogP contribution in [0, 0.1) is 0 Å². The molecule has 0 unspecified atom stereocenters. The summed E-state index contributed by atoms with van der Waals surface area (Å²) >= 11 is 0. The first-order valence-corrected chi connectivity index (χ1v) is 12.7. The lowest BCUT2D eigenvalue weighted by Crippen LogP contribution is -2.55. The number of amides is 4. The summed E-state index contributed by atoms with van der Waals surface area (Å²) in [6, 6.07) is 4.21. The molecule has 1 fully saturated rings. The van der Waals surface area contributed by atoms with Crippen LogP contribution in [-0.4, -0.2) is 104 Å². The fourth-order valence-corrected chi connectivity index (χ4v) is 4.09. The molecular weight excluding hydrogens is 482 g/mol. The Morgan fingerprint density at radius 1 is 1.16 bits per heavy atom. The number of hydrogen-bond acceptors (Lipinski definition) is 8. The Morgan fingerprint density at radius 3 is 2.68 bits per heavy atom. The minimum atomic E-state index is -1.20. The van der Waals surface area contributed by atoms with Gasteiger partial charge in [-0.2, -0.15) is 0 Å². The van der Waals surface area contributed by atoms with Gasteiger partial charge >= 0.3 is 0 Å². The largest absolute Gasteiger partial charge is 0.493 e. The van der Waals surface area contributed by atoms with E-state index >= 15 is 0 Å². The average Bonchev–Trinajstić information content (AvgIpc) is 2.89. The number of nitrogens with one attached hydrogen (secondary N) is 4. The lowest BCUT2D eigenvalue weighted by atomic mass is 10.1. The lowest BCUT2D eigenvalue weighted by molar-refractivity contribution is -0.133. The summed E-state index contributed by atoms with van der Waals surface area (Å²) in [4.78, 5) is 53.7. The van der Waals surface area contributed by atoms with Gasteiger partial charge in [0, 0.05) is 26.2 Å². The first kappa shape index (κ1) is 28.4. The summed E-state index contributed by atoms with van der Waals surface area (Å²) in [5.41, 5.74) is 0.230. The van der Waals surface area contributed by atoms with Crippen LogP contribution in [0.15, 0.2) is 24.3 Å². The van der Waals surface area contributed by atoms with E-state index in [1.54, 1.807) is 24.3 Å². The number of para-hydroxylation sites is 1. The van der Waals surface area contributed by atoms with Gasteiger partial charge in [-0.15, -0.1) is 0 Å². The zero-order valence-corrected chi connectivity index (χ0v) is 21.2. The monoisotopic (exact) mass is 519 g/mol. The van der Waals surface area contributed by atoms with Crippen LogP contribution in [0.4, 0.5) is 0 Å². The Bertz CT molecular complexity index is 936. The number of fused-ring (bicyclic) bond motifs is 1. The van der Waals surface area contributed by atoms with E-state index in [9.17, 15) is 24.3 Å². The normalized spacial score (nSPS) is 23.1. The molecule has 2 aliphatic rings. The van der Waals surface area contributed by atoms with Crippen molar-refractivity contribution in [3.8, 4) is 5.75 Å². The molecule has 0 aromatic heterocycles. The molecule has 0 spiro atoms. The molecule has 12 nitrogen and oxygen atoms in total. The number of carbonyl (C=O) groups excluding carboxylic acids is 4. The smallest absolute Gasteiger partial charge is 0.255 e. The molecule has 1 aromatic rings. The molecule has 0 bridgehead atoms. The average molecular weight is 520 g/mol. The molecule has 3 atom stereocenters. The fourth-order valence-electron chi connectivity index (χ4n) is 4.09. The summed E-state index contributed by atoms with van der Waals surface area (Å²) in [5, 5.41) is 20.6. The summed E-state index contributed by atoms with van der Waals surface area (Å²) in [6.07, 6.45) is -0.445. The predicted molar refractivity (Wildman–Crippen MR) is 134 cm³/mol. The van der Waals surface area contributed by atoms with Crippen molar-refractivity contribution in [2.24, 2.45) is 0 Å². The van der Waals surface area contributed by atoms with Gasteiger partial charge in [-0.1, -0.05) is 12.1 Å². The van der Waals surface area contributed by atoms with Crippen LogP contribution in [0.25, 0.3) is 0 Å². The molecule has 5 N–H and O–H groups in total. The van der Waals surface area contributed by atoms with Gasteiger partial charge in [0.25, 0.3) is 5.91 Å². The van der Waals surface area contributed by atoms with Crippen molar-refractivity contribution in [2.45, 2.75) is 44.4 Å². The Kier molecular flexibility index (Phi) is 11.1. The van der Waals surface area contributed by atoms with Crippen molar-refractivity contribution < 1.29 is 33.8 Å². The summed E-state index contributed by atoms with van der Waals surface area (Å²) in [6.45, 7) is 6.07. The van der Waals surface area contributed by atoms with E-state index in [0.717, 1.165) is 19.6 Å². The number of morpholine rings is 1. The maximum Gasteiger partial charge on any atom is 0.255 e. The SMILES string of the molecule is C[C@@H](O)[C@@H]1NC(=O)C[C@@H](C(=O)NCCCN2CCOCC2)NC(=O)c2ccccc2OCCCNC1=O. The van der Waals surface area contributed by atoms with Gasteiger partial charge in [0.2, 0.25) is 17.7 Å². The highest BCUT2D eigenvalue weighted by atomic mass is 16.5. The molecule has 37 heavy (non-hydrogen) atoms. The van der Waals surface area contributed by atoms with Gasteiger partial charge in [0.1, 0.15) is 17.8 Å². The third-order valence-electron chi connectivity index (χ3n) is 6.16. The van der Waals surface area contributed by atoms with Crippen LogP contribution in [0.2, 0.25) is 0 Å². The van der Waals surface area contributed by atoms with E-state index in [-0.39, 0.29) is 18.7 Å². The summed E-state index contributed by atoms with van der Waals surface area (Å²) in [5.74, 6) is -1.96. The highest BCUT2D eigenvalue weighted by Gasteiger charge is 2.30. The number of hydrogen-bond donors (Lipinski definition) is 5. The maximum absolute atomic E-state index is 13.1. The zero-order valence-electron chi connectivity index (χ0n) is 21.2. The van der Waals surface area contributed by atoms with Gasteiger partial charge < -0.3 is 35.8 Å². The van der Waals surface area contributed by atoms with Crippen molar-refractivity contribution in [3.05, 3.63) is 29.8 Å². The van der Waals surface area contributed by atoms with Crippen molar-refractivity contribution in [1.82, 2.24) is 26.2 Å². The molecule has 2 aliphatic heterocycles.